The summed E-state index contributed by atoms with van der Waals surface area (Å²) in [6, 6.07) is 0.483. The molecule has 0 rings (SSSR count). The van der Waals surface area contributed by atoms with Gasteiger partial charge in [-0.2, -0.15) is 0 Å². The number of ether oxygens (including phenoxy) is 1. The van der Waals surface area contributed by atoms with Crippen molar-refractivity contribution in [2.45, 2.75) is 40.7 Å². The molecule has 3 heteroatoms. The van der Waals surface area contributed by atoms with Gasteiger partial charge in [-0.1, -0.05) is 13.8 Å². The molecular weight excluding hydrogens is 178 g/mol. The molecule has 0 saturated heterocycles. The molecule has 0 N–H and O–H groups in total. The molecule has 0 saturated carbocycles. The highest BCUT2D eigenvalue weighted by atomic mass is 16.5. The molecule has 0 bridgehead atoms. The van der Waals surface area contributed by atoms with Crippen molar-refractivity contribution in [1.29, 1.82) is 0 Å². The van der Waals surface area contributed by atoms with Gasteiger partial charge >= 0.3 is 5.97 Å². The smallest absolute Gasteiger partial charge is 0.309 e. The summed E-state index contributed by atoms with van der Waals surface area (Å²) in [6.45, 7) is 12.4. The molecule has 1 atom stereocenters. The second-order valence-corrected chi connectivity index (χ2v) is 3.83. The van der Waals surface area contributed by atoms with Crippen LogP contribution in [0.4, 0.5) is 0 Å². The van der Waals surface area contributed by atoms with Crippen molar-refractivity contribution in [2.75, 3.05) is 19.7 Å². The van der Waals surface area contributed by atoms with Gasteiger partial charge in [-0.3, -0.25) is 4.79 Å². The number of hydrogen-bond acceptors (Lipinski definition) is 3. The molecule has 0 aromatic heterocycles. The molecule has 0 aliphatic rings. The first-order valence-corrected chi connectivity index (χ1v) is 5.43. The van der Waals surface area contributed by atoms with Gasteiger partial charge in [0.15, 0.2) is 0 Å². The van der Waals surface area contributed by atoms with E-state index in [1.54, 1.807) is 0 Å². The van der Waals surface area contributed by atoms with Crippen LogP contribution >= 0.6 is 0 Å². The third-order valence-corrected chi connectivity index (χ3v) is 2.33. The van der Waals surface area contributed by atoms with E-state index in [1.807, 2.05) is 13.8 Å². The average Bonchev–Trinajstić information content (AvgIpc) is 2.13. The van der Waals surface area contributed by atoms with Crippen LogP contribution in [0.1, 0.15) is 34.6 Å². The minimum absolute atomic E-state index is 0.0303. The number of nitrogens with zero attached hydrogens (tertiary/aromatic N) is 1. The highest BCUT2D eigenvalue weighted by Crippen LogP contribution is 2.06. The van der Waals surface area contributed by atoms with Gasteiger partial charge < -0.3 is 9.64 Å². The van der Waals surface area contributed by atoms with Crippen LogP contribution in [0.5, 0.6) is 0 Å². The van der Waals surface area contributed by atoms with Crippen molar-refractivity contribution in [3.8, 4) is 0 Å². The third-order valence-electron chi connectivity index (χ3n) is 2.33. The molecule has 0 aliphatic carbocycles. The van der Waals surface area contributed by atoms with Gasteiger partial charge in [-0.25, -0.2) is 0 Å². The molecule has 14 heavy (non-hydrogen) atoms. The predicted molar refractivity (Wildman–Crippen MR) is 58.2 cm³/mol. The number of rotatable bonds is 6. The Labute approximate surface area is 87.4 Å². The molecule has 0 amide bonds. The standard InChI is InChI=1S/C11H23NO2/c1-6-12(9(3)4)8-10(5)11(13)14-7-2/h9-10H,6-8H2,1-5H3. The second-order valence-electron chi connectivity index (χ2n) is 3.83. The maximum absolute atomic E-state index is 11.4. The predicted octanol–water partition coefficient (Wildman–Crippen LogP) is 1.92. The summed E-state index contributed by atoms with van der Waals surface area (Å²) >= 11 is 0. The third kappa shape index (κ3) is 4.61. The summed E-state index contributed by atoms with van der Waals surface area (Å²) < 4.78 is 4.96. The van der Waals surface area contributed by atoms with Crippen molar-refractivity contribution >= 4 is 5.97 Å². The summed E-state index contributed by atoms with van der Waals surface area (Å²) in [4.78, 5) is 13.6. The molecule has 0 radical (unpaired) electrons. The summed E-state index contributed by atoms with van der Waals surface area (Å²) in [5.41, 5.74) is 0. The second kappa shape index (κ2) is 6.82. The summed E-state index contributed by atoms with van der Waals surface area (Å²) in [6.07, 6.45) is 0. The van der Waals surface area contributed by atoms with E-state index in [1.165, 1.54) is 0 Å². The van der Waals surface area contributed by atoms with E-state index in [2.05, 4.69) is 25.7 Å². The van der Waals surface area contributed by atoms with Crippen LogP contribution in [-0.2, 0) is 9.53 Å². The first-order valence-electron chi connectivity index (χ1n) is 5.43. The van der Waals surface area contributed by atoms with E-state index < -0.39 is 0 Å². The maximum Gasteiger partial charge on any atom is 0.309 e. The minimum atomic E-state index is -0.0911. The molecule has 0 aromatic rings. The fraction of sp³-hybridized carbons (Fsp3) is 0.909. The fourth-order valence-corrected chi connectivity index (χ4v) is 1.42. The van der Waals surface area contributed by atoms with E-state index in [0.717, 1.165) is 13.1 Å². The molecule has 0 aliphatic heterocycles. The van der Waals surface area contributed by atoms with Crippen LogP contribution in [0, 0.1) is 5.92 Å². The first-order chi connectivity index (χ1) is 6.52. The lowest BCUT2D eigenvalue weighted by molar-refractivity contribution is -0.148. The Morgan fingerprint density at radius 3 is 2.21 bits per heavy atom. The number of carbonyl (C=O) groups is 1. The van der Waals surface area contributed by atoms with Gasteiger partial charge in [0.1, 0.15) is 0 Å². The molecule has 3 nitrogen and oxygen atoms in total. The van der Waals surface area contributed by atoms with Gasteiger partial charge in [0.2, 0.25) is 0 Å². The van der Waals surface area contributed by atoms with E-state index >= 15 is 0 Å². The van der Waals surface area contributed by atoms with Crippen molar-refractivity contribution < 1.29 is 9.53 Å². The molecule has 0 spiro atoms. The Kier molecular flexibility index (Phi) is 6.54. The molecule has 0 fully saturated rings. The highest BCUT2D eigenvalue weighted by Gasteiger charge is 2.18. The van der Waals surface area contributed by atoms with E-state index in [4.69, 9.17) is 4.74 Å². The number of hydrogen-bond donors (Lipinski definition) is 0. The monoisotopic (exact) mass is 201 g/mol. The molecule has 84 valence electrons. The molecule has 0 aromatic carbocycles. The largest absolute Gasteiger partial charge is 0.466 e. The lowest BCUT2D eigenvalue weighted by Gasteiger charge is -2.26. The Morgan fingerprint density at radius 1 is 1.29 bits per heavy atom. The van der Waals surface area contributed by atoms with Gasteiger partial charge in [-0.05, 0) is 27.3 Å². The van der Waals surface area contributed by atoms with Gasteiger partial charge in [0, 0.05) is 12.6 Å². The Hall–Kier alpha value is -0.570. The van der Waals surface area contributed by atoms with Crippen molar-refractivity contribution in [1.82, 2.24) is 4.90 Å². The van der Waals surface area contributed by atoms with E-state index in [-0.39, 0.29) is 11.9 Å². The molecule has 0 heterocycles. The molecular formula is C11H23NO2. The van der Waals surface area contributed by atoms with E-state index in [0.29, 0.717) is 12.6 Å². The van der Waals surface area contributed by atoms with Crippen LogP contribution in [0.3, 0.4) is 0 Å². The quantitative estimate of drug-likeness (QED) is 0.615. The average molecular weight is 201 g/mol. The summed E-state index contributed by atoms with van der Waals surface area (Å²) in [5.74, 6) is -0.121. The zero-order chi connectivity index (χ0) is 11.1. The summed E-state index contributed by atoms with van der Waals surface area (Å²) in [5, 5.41) is 0. The fourth-order valence-electron chi connectivity index (χ4n) is 1.42. The topological polar surface area (TPSA) is 29.5 Å². The zero-order valence-corrected chi connectivity index (χ0v) is 10.0. The minimum Gasteiger partial charge on any atom is -0.466 e. The maximum atomic E-state index is 11.4. The van der Waals surface area contributed by atoms with Crippen LogP contribution in [0.25, 0.3) is 0 Å². The zero-order valence-electron chi connectivity index (χ0n) is 10.0. The van der Waals surface area contributed by atoms with Gasteiger partial charge in [0.25, 0.3) is 0 Å². The number of carbonyl (C=O) groups excluding carboxylic acids is 1. The SMILES string of the molecule is CCOC(=O)C(C)CN(CC)C(C)C. The highest BCUT2D eigenvalue weighted by molar-refractivity contribution is 5.72. The molecule has 1 unspecified atom stereocenters. The normalized spacial score (nSPS) is 13.4. The van der Waals surface area contributed by atoms with Gasteiger partial charge in [-0.15, -0.1) is 0 Å². The van der Waals surface area contributed by atoms with E-state index in [9.17, 15) is 4.79 Å². The van der Waals surface area contributed by atoms with Crippen LogP contribution in [0.2, 0.25) is 0 Å². The lowest BCUT2D eigenvalue weighted by Crippen LogP contribution is -2.37. The van der Waals surface area contributed by atoms with Crippen molar-refractivity contribution in [2.24, 2.45) is 5.92 Å². The number of esters is 1. The Balaban J connectivity index is 4.01. The van der Waals surface area contributed by atoms with Crippen LogP contribution < -0.4 is 0 Å². The van der Waals surface area contributed by atoms with Crippen LogP contribution in [0.15, 0.2) is 0 Å². The van der Waals surface area contributed by atoms with Crippen molar-refractivity contribution in [3.05, 3.63) is 0 Å². The Morgan fingerprint density at radius 2 is 1.86 bits per heavy atom. The first kappa shape index (κ1) is 13.4. The summed E-state index contributed by atoms with van der Waals surface area (Å²) in [7, 11) is 0. The van der Waals surface area contributed by atoms with Gasteiger partial charge in [0.05, 0.1) is 12.5 Å². The lowest BCUT2D eigenvalue weighted by atomic mass is 10.1. The van der Waals surface area contributed by atoms with Crippen molar-refractivity contribution in [3.63, 3.8) is 0 Å². The Bertz CT molecular complexity index is 169. The van der Waals surface area contributed by atoms with Crippen LogP contribution in [-0.4, -0.2) is 36.6 Å².